The number of hydrogen-bond acceptors (Lipinski definition) is 2. The molecule has 106 valence electrons. The lowest BCUT2D eigenvalue weighted by Crippen LogP contribution is -2.29. The first-order valence-electron chi connectivity index (χ1n) is 6.90. The largest absolute Gasteiger partial charge is 0.271 e. The molecule has 2 rings (SSSR count). The van der Waals surface area contributed by atoms with Crippen molar-refractivity contribution < 1.29 is 0 Å². The summed E-state index contributed by atoms with van der Waals surface area (Å²) in [6.07, 6.45) is 0.818. The molecule has 20 heavy (non-hydrogen) atoms. The third-order valence-corrected chi connectivity index (χ3v) is 3.77. The van der Waals surface area contributed by atoms with Crippen LogP contribution in [0.3, 0.4) is 0 Å². The number of benzene rings is 2. The van der Waals surface area contributed by atoms with Crippen LogP contribution in [-0.4, -0.2) is 0 Å². The van der Waals surface area contributed by atoms with Crippen molar-refractivity contribution in [2.75, 3.05) is 0 Å². The molecule has 3 heteroatoms. The normalized spacial score (nSPS) is 12.7. The monoisotopic (exact) mass is 288 g/mol. The number of hydrogen-bond donors (Lipinski definition) is 2. The summed E-state index contributed by atoms with van der Waals surface area (Å²) in [4.78, 5) is 0. The van der Waals surface area contributed by atoms with E-state index in [9.17, 15) is 0 Å². The summed E-state index contributed by atoms with van der Waals surface area (Å²) in [6.45, 7) is 4.39. The highest BCUT2D eigenvalue weighted by molar-refractivity contribution is 6.30. The van der Waals surface area contributed by atoms with Gasteiger partial charge in [0.15, 0.2) is 0 Å². The van der Waals surface area contributed by atoms with Crippen molar-refractivity contribution in [3.8, 4) is 0 Å². The molecule has 2 aromatic rings. The second-order valence-corrected chi connectivity index (χ2v) is 5.81. The Morgan fingerprint density at radius 2 is 1.70 bits per heavy atom. The molecular formula is C17H21ClN2. The first-order chi connectivity index (χ1) is 9.60. The van der Waals surface area contributed by atoms with Gasteiger partial charge in [-0.1, -0.05) is 61.8 Å². The van der Waals surface area contributed by atoms with E-state index in [1.165, 1.54) is 16.7 Å². The summed E-state index contributed by atoms with van der Waals surface area (Å²) < 4.78 is 0. The highest BCUT2D eigenvalue weighted by Gasteiger charge is 2.11. The van der Waals surface area contributed by atoms with Gasteiger partial charge >= 0.3 is 0 Å². The summed E-state index contributed by atoms with van der Waals surface area (Å²) in [5.74, 6) is 6.25. The second-order valence-electron chi connectivity index (χ2n) is 5.37. The first-order valence-corrected chi connectivity index (χ1v) is 7.28. The molecule has 0 amide bonds. The SMILES string of the molecule is CC(C)c1ccc(C(Cc2cccc(Cl)c2)NN)cc1. The van der Waals surface area contributed by atoms with Crippen LogP contribution in [0.5, 0.6) is 0 Å². The molecule has 3 N–H and O–H groups in total. The van der Waals surface area contributed by atoms with Crippen molar-refractivity contribution >= 4 is 11.6 Å². The van der Waals surface area contributed by atoms with Gasteiger partial charge in [0, 0.05) is 11.1 Å². The van der Waals surface area contributed by atoms with Gasteiger partial charge < -0.3 is 0 Å². The molecule has 0 heterocycles. The van der Waals surface area contributed by atoms with Crippen LogP contribution in [0.1, 0.15) is 42.5 Å². The van der Waals surface area contributed by atoms with E-state index in [0.29, 0.717) is 5.92 Å². The Morgan fingerprint density at radius 3 is 2.25 bits per heavy atom. The maximum Gasteiger partial charge on any atom is 0.0500 e. The second kappa shape index (κ2) is 6.89. The maximum absolute atomic E-state index is 6.02. The van der Waals surface area contributed by atoms with Gasteiger partial charge in [-0.05, 0) is 41.2 Å². The molecule has 2 nitrogen and oxygen atoms in total. The van der Waals surface area contributed by atoms with Crippen LogP contribution < -0.4 is 11.3 Å². The van der Waals surface area contributed by atoms with Crippen LogP contribution in [0.15, 0.2) is 48.5 Å². The average molecular weight is 289 g/mol. The summed E-state index contributed by atoms with van der Waals surface area (Å²) in [6, 6.07) is 16.6. The predicted octanol–water partition coefficient (Wildman–Crippen LogP) is 4.21. The number of rotatable bonds is 5. The Bertz CT molecular complexity index is 549. The van der Waals surface area contributed by atoms with Crippen LogP contribution in [0.25, 0.3) is 0 Å². The lowest BCUT2D eigenvalue weighted by atomic mass is 9.96. The quantitative estimate of drug-likeness (QED) is 0.639. The van der Waals surface area contributed by atoms with Gasteiger partial charge in [-0.3, -0.25) is 11.3 Å². The molecule has 1 unspecified atom stereocenters. The summed E-state index contributed by atoms with van der Waals surface area (Å²) >= 11 is 6.02. The molecule has 0 radical (unpaired) electrons. The Hall–Kier alpha value is -1.35. The van der Waals surface area contributed by atoms with E-state index in [2.05, 4.69) is 49.6 Å². The van der Waals surface area contributed by atoms with E-state index < -0.39 is 0 Å². The van der Waals surface area contributed by atoms with Gasteiger partial charge in [-0.2, -0.15) is 0 Å². The zero-order valence-corrected chi connectivity index (χ0v) is 12.7. The zero-order valence-electron chi connectivity index (χ0n) is 11.9. The highest BCUT2D eigenvalue weighted by Crippen LogP contribution is 2.22. The lowest BCUT2D eigenvalue weighted by Gasteiger charge is -2.17. The minimum atomic E-state index is 0.0923. The molecular weight excluding hydrogens is 268 g/mol. The molecule has 0 bridgehead atoms. The fourth-order valence-electron chi connectivity index (χ4n) is 2.29. The standard InChI is InChI=1S/C17H21ClN2/c1-12(2)14-6-8-15(9-7-14)17(20-19)11-13-4-3-5-16(18)10-13/h3-10,12,17,20H,11,19H2,1-2H3. The fourth-order valence-corrected chi connectivity index (χ4v) is 2.50. The number of nitrogens with two attached hydrogens (primary N) is 1. The van der Waals surface area contributed by atoms with Crippen LogP contribution >= 0.6 is 11.6 Å². The number of nitrogens with one attached hydrogen (secondary N) is 1. The minimum absolute atomic E-state index is 0.0923. The smallest absolute Gasteiger partial charge is 0.0500 e. The van der Waals surface area contributed by atoms with Crippen LogP contribution in [0, 0.1) is 0 Å². The zero-order chi connectivity index (χ0) is 14.5. The minimum Gasteiger partial charge on any atom is -0.271 e. The van der Waals surface area contributed by atoms with Crippen LogP contribution in [-0.2, 0) is 6.42 Å². The Labute approximate surface area is 125 Å². The average Bonchev–Trinajstić information content (AvgIpc) is 2.45. The number of halogens is 1. The van der Waals surface area contributed by atoms with Gasteiger partial charge in [0.1, 0.15) is 0 Å². The van der Waals surface area contributed by atoms with Gasteiger partial charge in [-0.25, -0.2) is 0 Å². The van der Waals surface area contributed by atoms with E-state index >= 15 is 0 Å². The summed E-state index contributed by atoms with van der Waals surface area (Å²) in [7, 11) is 0. The molecule has 0 aliphatic heterocycles. The highest BCUT2D eigenvalue weighted by atomic mass is 35.5. The number of hydrazine groups is 1. The van der Waals surface area contributed by atoms with Gasteiger partial charge in [0.05, 0.1) is 0 Å². The fraction of sp³-hybridized carbons (Fsp3) is 0.294. The lowest BCUT2D eigenvalue weighted by molar-refractivity contribution is 0.551. The molecule has 0 aromatic heterocycles. The van der Waals surface area contributed by atoms with Gasteiger partial charge in [0.2, 0.25) is 0 Å². The molecule has 0 spiro atoms. The van der Waals surface area contributed by atoms with E-state index in [1.807, 2.05) is 18.2 Å². The van der Waals surface area contributed by atoms with Crippen molar-refractivity contribution in [1.29, 1.82) is 0 Å². The van der Waals surface area contributed by atoms with Crippen LogP contribution in [0.2, 0.25) is 5.02 Å². The Kier molecular flexibility index (Phi) is 5.18. The van der Waals surface area contributed by atoms with Crippen molar-refractivity contribution in [1.82, 2.24) is 5.43 Å². The van der Waals surface area contributed by atoms with Crippen molar-refractivity contribution in [3.63, 3.8) is 0 Å². The van der Waals surface area contributed by atoms with Crippen molar-refractivity contribution in [2.24, 2.45) is 5.84 Å². The van der Waals surface area contributed by atoms with Crippen molar-refractivity contribution in [2.45, 2.75) is 32.2 Å². The molecule has 0 aliphatic rings. The maximum atomic E-state index is 6.02. The topological polar surface area (TPSA) is 38.0 Å². The summed E-state index contributed by atoms with van der Waals surface area (Å²) in [5, 5.41) is 0.758. The third-order valence-electron chi connectivity index (χ3n) is 3.54. The molecule has 1 atom stereocenters. The predicted molar refractivity (Wildman–Crippen MR) is 85.8 cm³/mol. The van der Waals surface area contributed by atoms with E-state index in [1.54, 1.807) is 0 Å². The molecule has 0 saturated heterocycles. The Balaban J connectivity index is 2.15. The van der Waals surface area contributed by atoms with Gasteiger partial charge in [0.25, 0.3) is 0 Å². The van der Waals surface area contributed by atoms with E-state index in [4.69, 9.17) is 17.4 Å². The van der Waals surface area contributed by atoms with Gasteiger partial charge in [-0.15, -0.1) is 0 Å². The Morgan fingerprint density at radius 1 is 1.05 bits per heavy atom. The molecule has 0 fully saturated rings. The molecule has 0 saturated carbocycles. The third kappa shape index (κ3) is 3.83. The summed E-state index contributed by atoms with van der Waals surface area (Å²) in [5.41, 5.74) is 6.60. The van der Waals surface area contributed by atoms with E-state index in [-0.39, 0.29) is 6.04 Å². The molecule has 0 aliphatic carbocycles. The molecule has 2 aromatic carbocycles. The van der Waals surface area contributed by atoms with E-state index in [0.717, 1.165) is 11.4 Å². The van der Waals surface area contributed by atoms with Crippen molar-refractivity contribution in [3.05, 3.63) is 70.2 Å². The van der Waals surface area contributed by atoms with Crippen LogP contribution in [0.4, 0.5) is 0 Å². The first kappa shape index (κ1) is 15.0.